The molecule has 0 amide bonds. The lowest BCUT2D eigenvalue weighted by Crippen LogP contribution is -2.33. The number of hydrogen-bond acceptors (Lipinski definition) is 1. The Kier molecular flexibility index (Phi) is 2.90. The Balaban J connectivity index is 2.89. The van der Waals surface area contributed by atoms with E-state index in [-0.39, 0.29) is 6.23 Å². The zero-order valence-corrected chi connectivity index (χ0v) is 8.42. The highest BCUT2D eigenvalue weighted by Gasteiger charge is 2.22. The summed E-state index contributed by atoms with van der Waals surface area (Å²) in [5.41, 5.74) is 1.31. The van der Waals surface area contributed by atoms with Crippen LogP contribution in [0.3, 0.4) is 0 Å². The summed E-state index contributed by atoms with van der Waals surface area (Å²) in [5.74, 6) is 1.10. The average molecular weight is 168 g/mol. The third kappa shape index (κ3) is 1.68. The Morgan fingerprint density at radius 3 is 2.58 bits per heavy atom. The molecule has 0 aromatic rings. The minimum Gasteiger partial charge on any atom is -0.438 e. The predicted molar refractivity (Wildman–Crippen MR) is 50.4 cm³/mol. The fourth-order valence-electron chi connectivity index (χ4n) is 1.61. The minimum absolute atomic E-state index is 0.204. The van der Waals surface area contributed by atoms with Crippen LogP contribution in [0.2, 0.25) is 0 Å². The second kappa shape index (κ2) is 3.74. The summed E-state index contributed by atoms with van der Waals surface area (Å²) in [7, 11) is 0. The Hall–Kier alpha value is -0.790. The van der Waals surface area contributed by atoms with Crippen LogP contribution < -0.4 is 0 Å². The first-order chi connectivity index (χ1) is 5.69. The molecule has 1 aliphatic rings. The lowest BCUT2D eigenvalue weighted by Gasteiger charge is -2.19. The molecule has 2 heteroatoms. The first-order valence-corrected chi connectivity index (χ1v) is 4.66. The van der Waals surface area contributed by atoms with Crippen molar-refractivity contribution in [2.24, 2.45) is 0 Å². The number of nitrogens with zero attached hydrogens (tertiary/aromatic N) is 1. The molecule has 12 heavy (non-hydrogen) atoms. The van der Waals surface area contributed by atoms with Gasteiger partial charge in [0.15, 0.2) is 5.71 Å². The van der Waals surface area contributed by atoms with Gasteiger partial charge in [-0.25, -0.2) is 0 Å². The standard InChI is InChI=1S/C10H18NO/c1-5-10-7-8(3)11(6-2)9(4)12-10/h7,9H,5-6H2,1-4H3/q+1. The predicted octanol–water partition coefficient (Wildman–Crippen LogP) is 2.15. The second-order valence-electron chi connectivity index (χ2n) is 3.11. The van der Waals surface area contributed by atoms with Crippen molar-refractivity contribution in [3.63, 3.8) is 0 Å². The number of allylic oxidation sites excluding steroid dienone is 2. The zero-order valence-electron chi connectivity index (χ0n) is 8.42. The van der Waals surface area contributed by atoms with Gasteiger partial charge in [-0.2, -0.15) is 4.58 Å². The van der Waals surface area contributed by atoms with Crippen molar-refractivity contribution in [2.45, 2.75) is 40.3 Å². The molecule has 0 aromatic heterocycles. The van der Waals surface area contributed by atoms with Gasteiger partial charge in [0.2, 0.25) is 0 Å². The van der Waals surface area contributed by atoms with E-state index < -0.39 is 0 Å². The van der Waals surface area contributed by atoms with Crippen LogP contribution in [0, 0.1) is 0 Å². The quantitative estimate of drug-likeness (QED) is 0.575. The third-order valence-corrected chi connectivity index (χ3v) is 2.27. The maximum Gasteiger partial charge on any atom is 0.293 e. The number of ether oxygens (including phenoxy) is 1. The van der Waals surface area contributed by atoms with E-state index in [0.717, 1.165) is 18.7 Å². The van der Waals surface area contributed by atoms with Crippen molar-refractivity contribution in [2.75, 3.05) is 6.54 Å². The van der Waals surface area contributed by atoms with Crippen molar-refractivity contribution in [1.29, 1.82) is 0 Å². The van der Waals surface area contributed by atoms with Gasteiger partial charge in [0.1, 0.15) is 12.3 Å². The van der Waals surface area contributed by atoms with Gasteiger partial charge < -0.3 is 4.74 Å². The minimum atomic E-state index is 0.204. The van der Waals surface area contributed by atoms with Crippen LogP contribution in [0.4, 0.5) is 0 Å². The molecule has 1 heterocycles. The second-order valence-corrected chi connectivity index (χ2v) is 3.11. The van der Waals surface area contributed by atoms with Crippen LogP contribution in [0.15, 0.2) is 11.8 Å². The Morgan fingerprint density at radius 1 is 1.50 bits per heavy atom. The molecule has 0 bridgehead atoms. The fourth-order valence-corrected chi connectivity index (χ4v) is 1.61. The van der Waals surface area contributed by atoms with Gasteiger partial charge >= 0.3 is 0 Å². The lowest BCUT2D eigenvalue weighted by atomic mass is 10.2. The molecule has 0 spiro atoms. The molecule has 1 aliphatic heterocycles. The van der Waals surface area contributed by atoms with Gasteiger partial charge in [-0.3, -0.25) is 0 Å². The average Bonchev–Trinajstić information content (AvgIpc) is 2.03. The Labute approximate surface area is 74.5 Å². The third-order valence-electron chi connectivity index (χ3n) is 2.27. The monoisotopic (exact) mass is 168 g/mol. The molecule has 1 atom stereocenters. The Bertz CT molecular complexity index is 228. The van der Waals surface area contributed by atoms with Gasteiger partial charge in [0.25, 0.3) is 6.23 Å². The van der Waals surface area contributed by atoms with Crippen molar-refractivity contribution >= 4 is 5.71 Å². The summed E-state index contributed by atoms with van der Waals surface area (Å²) in [6.45, 7) is 9.51. The van der Waals surface area contributed by atoms with Gasteiger partial charge in [-0.15, -0.1) is 0 Å². The van der Waals surface area contributed by atoms with Gasteiger partial charge in [0.05, 0.1) is 0 Å². The molecule has 2 nitrogen and oxygen atoms in total. The molecule has 0 N–H and O–H groups in total. The van der Waals surface area contributed by atoms with E-state index in [1.54, 1.807) is 0 Å². The van der Waals surface area contributed by atoms with Crippen molar-refractivity contribution < 1.29 is 9.31 Å². The topological polar surface area (TPSA) is 12.2 Å². The largest absolute Gasteiger partial charge is 0.438 e. The van der Waals surface area contributed by atoms with Crippen molar-refractivity contribution in [3.8, 4) is 0 Å². The highest BCUT2D eigenvalue weighted by atomic mass is 16.5. The SMILES string of the molecule is CCC1=CC(C)=[N+](CC)C(C)O1. The van der Waals surface area contributed by atoms with Crippen LogP contribution in [0.1, 0.15) is 34.1 Å². The molecule has 0 saturated carbocycles. The fraction of sp³-hybridized carbons (Fsp3) is 0.700. The summed E-state index contributed by atoms with van der Waals surface area (Å²) in [4.78, 5) is 0. The molecule has 0 fully saturated rings. The first kappa shape index (κ1) is 9.30. The van der Waals surface area contributed by atoms with Crippen LogP contribution >= 0.6 is 0 Å². The molecule has 0 aliphatic carbocycles. The van der Waals surface area contributed by atoms with E-state index in [1.807, 2.05) is 0 Å². The van der Waals surface area contributed by atoms with E-state index in [1.165, 1.54) is 5.71 Å². The van der Waals surface area contributed by atoms with E-state index in [0.29, 0.717) is 0 Å². The maximum atomic E-state index is 5.68. The maximum absolute atomic E-state index is 5.68. The van der Waals surface area contributed by atoms with Crippen LogP contribution in [-0.2, 0) is 4.74 Å². The molecule has 0 aromatic carbocycles. The number of rotatable bonds is 2. The van der Waals surface area contributed by atoms with E-state index >= 15 is 0 Å². The van der Waals surface area contributed by atoms with Crippen molar-refractivity contribution in [3.05, 3.63) is 11.8 Å². The highest BCUT2D eigenvalue weighted by molar-refractivity contribution is 5.89. The molecule has 68 valence electrons. The summed E-state index contributed by atoms with van der Waals surface area (Å²) in [6.07, 6.45) is 3.32. The summed E-state index contributed by atoms with van der Waals surface area (Å²) < 4.78 is 7.92. The lowest BCUT2D eigenvalue weighted by molar-refractivity contribution is -0.605. The smallest absolute Gasteiger partial charge is 0.293 e. The molecule has 1 rings (SSSR count). The van der Waals surface area contributed by atoms with E-state index in [2.05, 4.69) is 38.3 Å². The van der Waals surface area contributed by atoms with Gasteiger partial charge in [0, 0.05) is 26.3 Å². The molecule has 0 radical (unpaired) electrons. The zero-order chi connectivity index (χ0) is 9.14. The van der Waals surface area contributed by atoms with E-state index in [9.17, 15) is 0 Å². The summed E-state index contributed by atoms with van der Waals surface area (Å²) in [6, 6.07) is 0. The van der Waals surface area contributed by atoms with Crippen LogP contribution in [-0.4, -0.2) is 23.1 Å². The summed E-state index contributed by atoms with van der Waals surface area (Å²) in [5, 5.41) is 0. The molecule has 1 unspecified atom stereocenters. The molecular formula is C10H18NO+. The summed E-state index contributed by atoms with van der Waals surface area (Å²) >= 11 is 0. The van der Waals surface area contributed by atoms with Crippen LogP contribution in [0.25, 0.3) is 0 Å². The normalized spacial score (nSPS) is 23.7. The molecular weight excluding hydrogens is 150 g/mol. The number of hydrogen-bond donors (Lipinski definition) is 0. The highest BCUT2D eigenvalue weighted by Crippen LogP contribution is 2.13. The van der Waals surface area contributed by atoms with Gasteiger partial charge in [-0.1, -0.05) is 6.92 Å². The van der Waals surface area contributed by atoms with Crippen LogP contribution in [0.5, 0.6) is 0 Å². The van der Waals surface area contributed by atoms with Crippen molar-refractivity contribution in [1.82, 2.24) is 0 Å². The van der Waals surface area contributed by atoms with Gasteiger partial charge in [-0.05, 0) is 6.92 Å². The molecule has 0 saturated heterocycles. The Morgan fingerprint density at radius 2 is 2.17 bits per heavy atom. The first-order valence-electron chi connectivity index (χ1n) is 4.66. The van der Waals surface area contributed by atoms with E-state index in [4.69, 9.17) is 4.74 Å².